The topological polar surface area (TPSA) is 37.5 Å². The Labute approximate surface area is 124 Å². The normalized spacial score (nSPS) is 12.8. The molecule has 3 heteroatoms. The summed E-state index contributed by atoms with van der Waals surface area (Å²) in [5.41, 5.74) is 6.35. The molecule has 3 nitrogen and oxygen atoms in total. The van der Waals surface area contributed by atoms with E-state index in [9.17, 15) is 5.11 Å². The molecule has 0 spiro atoms. The third-order valence-electron chi connectivity index (χ3n) is 3.78. The molecular formula is C18H20N2O. The molecule has 0 saturated carbocycles. The van der Waals surface area contributed by atoms with E-state index in [1.165, 1.54) is 16.7 Å². The second-order valence-corrected chi connectivity index (χ2v) is 5.71. The van der Waals surface area contributed by atoms with Gasteiger partial charge in [-0.15, -0.1) is 0 Å². The Kier molecular flexibility index (Phi) is 3.52. The molecule has 0 bridgehead atoms. The van der Waals surface area contributed by atoms with Gasteiger partial charge >= 0.3 is 0 Å². The standard InChI is InChI=1S/C18H20N2O/c1-12-4-6-15(7-5-12)11-16-18(14(3)21)20-9-8-13(2)10-17(20)19-16/h4-10,14,21H,11H2,1-3H3. The Hall–Kier alpha value is -2.13. The molecule has 0 amide bonds. The van der Waals surface area contributed by atoms with Crippen molar-refractivity contribution >= 4 is 5.65 Å². The predicted molar refractivity (Wildman–Crippen MR) is 84.5 cm³/mol. The number of fused-ring (bicyclic) bond motifs is 1. The van der Waals surface area contributed by atoms with Crippen molar-refractivity contribution in [3.05, 3.63) is 70.7 Å². The van der Waals surface area contributed by atoms with Crippen LogP contribution in [0.1, 0.15) is 41.1 Å². The number of aliphatic hydroxyl groups is 1. The number of aromatic nitrogens is 2. The highest BCUT2D eigenvalue weighted by molar-refractivity contribution is 5.47. The summed E-state index contributed by atoms with van der Waals surface area (Å²) in [6.45, 7) is 5.93. The van der Waals surface area contributed by atoms with Crippen molar-refractivity contribution in [2.45, 2.75) is 33.3 Å². The van der Waals surface area contributed by atoms with E-state index >= 15 is 0 Å². The number of pyridine rings is 1. The van der Waals surface area contributed by atoms with Gasteiger partial charge in [0.25, 0.3) is 0 Å². The third kappa shape index (κ3) is 2.69. The maximum Gasteiger partial charge on any atom is 0.137 e. The van der Waals surface area contributed by atoms with Crippen molar-refractivity contribution in [2.24, 2.45) is 0 Å². The average molecular weight is 280 g/mol. The molecule has 1 N–H and O–H groups in total. The Bertz CT molecular complexity index is 770. The van der Waals surface area contributed by atoms with Gasteiger partial charge in [-0.05, 0) is 44.0 Å². The maximum absolute atomic E-state index is 10.1. The summed E-state index contributed by atoms with van der Waals surface area (Å²) in [4.78, 5) is 4.72. The van der Waals surface area contributed by atoms with Crippen molar-refractivity contribution in [1.29, 1.82) is 0 Å². The van der Waals surface area contributed by atoms with Crippen molar-refractivity contribution in [2.75, 3.05) is 0 Å². The Morgan fingerprint density at radius 1 is 1.10 bits per heavy atom. The summed E-state index contributed by atoms with van der Waals surface area (Å²) in [6, 6.07) is 12.5. The van der Waals surface area contributed by atoms with Gasteiger partial charge in [-0.3, -0.25) is 0 Å². The average Bonchev–Trinajstić information content (AvgIpc) is 2.78. The lowest BCUT2D eigenvalue weighted by molar-refractivity contribution is 0.192. The minimum atomic E-state index is -0.539. The van der Waals surface area contributed by atoms with E-state index in [1.54, 1.807) is 6.92 Å². The van der Waals surface area contributed by atoms with Gasteiger partial charge in [0, 0.05) is 12.6 Å². The predicted octanol–water partition coefficient (Wildman–Crippen LogP) is 3.60. The van der Waals surface area contributed by atoms with Gasteiger partial charge in [0.05, 0.1) is 17.5 Å². The second kappa shape index (κ2) is 5.34. The maximum atomic E-state index is 10.1. The zero-order chi connectivity index (χ0) is 15.0. The van der Waals surface area contributed by atoms with Crippen LogP contribution in [0.3, 0.4) is 0 Å². The lowest BCUT2D eigenvalue weighted by atomic mass is 10.1. The Morgan fingerprint density at radius 3 is 2.48 bits per heavy atom. The summed E-state index contributed by atoms with van der Waals surface area (Å²) in [6.07, 6.45) is 2.18. The zero-order valence-electron chi connectivity index (χ0n) is 12.7. The van der Waals surface area contributed by atoms with E-state index in [4.69, 9.17) is 4.98 Å². The number of rotatable bonds is 3. The molecule has 21 heavy (non-hydrogen) atoms. The highest BCUT2D eigenvalue weighted by Crippen LogP contribution is 2.23. The number of benzene rings is 1. The van der Waals surface area contributed by atoms with Crippen LogP contribution in [0.4, 0.5) is 0 Å². The molecule has 0 saturated heterocycles. The molecule has 2 heterocycles. The summed E-state index contributed by atoms with van der Waals surface area (Å²) in [7, 11) is 0. The lowest BCUT2D eigenvalue weighted by Crippen LogP contribution is -2.02. The van der Waals surface area contributed by atoms with Crippen molar-refractivity contribution in [3.8, 4) is 0 Å². The smallest absolute Gasteiger partial charge is 0.137 e. The fraction of sp³-hybridized carbons (Fsp3) is 0.278. The number of aryl methyl sites for hydroxylation is 2. The van der Waals surface area contributed by atoms with Crippen LogP contribution in [-0.2, 0) is 6.42 Å². The number of nitrogens with zero attached hydrogens (tertiary/aromatic N) is 2. The van der Waals surface area contributed by atoms with E-state index in [-0.39, 0.29) is 0 Å². The highest BCUT2D eigenvalue weighted by Gasteiger charge is 2.16. The van der Waals surface area contributed by atoms with E-state index < -0.39 is 6.10 Å². The monoisotopic (exact) mass is 280 g/mol. The minimum absolute atomic E-state index is 0.539. The SMILES string of the molecule is Cc1ccc(Cc2nc3cc(C)ccn3c2C(C)O)cc1. The van der Waals surface area contributed by atoms with Gasteiger partial charge in [0.1, 0.15) is 5.65 Å². The molecule has 3 aromatic rings. The van der Waals surface area contributed by atoms with E-state index in [2.05, 4.69) is 38.1 Å². The van der Waals surface area contributed by atoms with Crippen molar-refractivity contribution in [3.63, 3.8) is 0 Å². The molecule has 1 aromatic carbocycles. The summed E-state index contributed by atoms with van der Waals surface area (Å²) in [5, 5.41) is 10.1. The number of hydrogen-bond donors (Lipinski definition) is 1. The Balaban J connectivity index is 2.08. The van der Waals surface area contributed by atoms with Crippen LogP contribution < -0.4 is 0 Å². The first-order chi connectivity index (χ1) is 10.0. The fourth-order valence-corrected chi connectivity index (χ4v) is 2.69. The van der Waals surface area contributed by atoms with Crippen molar-refractivity contribution < 1.29 is 5.11 Å². The minimum Gasteiger partial charge on any atom is -0.387 e. The van der Waals surface area contributed by atoms with Crippen LogP contribution in [0.5, 0.6) is 0 Å². The van der Waals surface area contributed by atoms with Crippen LogP contribution in [0.15, 0.2) is 42.6 Å². The molecule has 3 rings (SSSR count). The zero-order valence-corrected chi connectivity index (χ0v) is 12.7. The molecule has 2 aromatic heterocycles. The van der Waals surface area contributed by atoms with Gasteiger partial charge in [-0.25, -0.2) is 4.98 Å². The molecule has 0 aliphatic heterocycles. The largest absolute Gasteiger partial charge is 0.387 e. The van der Waals surface area contributed by atoms with E-state index in [0.717, 1.165) is 23.5 Å². The van der Waals surface area contributed by atoms with E-state index in [1.807, 2.05) is 22.7 Å². The molecule has 0 aliphatic carbocycles. The van der Waals surface area contributed by atoms with Crippen LogP contribution in [0.25, 0.3) is 5.65 Å². The van der Waals surface area contributed by atoms with Crippen LogP contribution in [-0.4, -0.2) is 14.5 Å². The molecule has 0 radical (unpaired) electrons. The van der Waals surface area contributed by atoms with Crippen molar-refractivity contribution in [1.82, 2.24) is 9.38 Å². The molecule has 0 aliphatic rings. The first kappa shape index (κ1) is 13.8. The fourth-order valence-electron chi connectivity index (χ4n) is 2.69. The number of aliphatic hydroxyl groups excluding tert-OH is 1. The second-order valence-electron chi connectivity index (χ2n) is 5.71. The first-order valence-electron chi connectivity index (χ1n) is 7.25. The quantitative estimate of drug-likeness (QED) is 0.796. The van der Waals surface area contributed by atoms with Crippen LogP contribution >= 0.6 is 0 Å². The van der Waals surface area contributed by atoms with Crippen LogP contribution in [0.2, 0.25) is 0 Å². The van der Waals surface area contributed by atoms with Gasteiger partial charge in [-0.1, -0.05) is 29.8 Å². The summed E-state index contributed by atoms with van der Waals surface area (Å²) < 4.78 is 1.99. The van der Waals surface area contributed by atoms with Gasteiger partial charge in [0.2, 0.25) is 0 Å². The highest BCUT2D eigenvalue weighted by atomic mass is 16.3. The van der Waals surface area contributed by atoms with Gasteiger partial charge in [0.15, 0.2) is 0 Å². The molecular weight excluding hydrogens is 260 g/mol. The number of hydrogen-bond acceptors (Lipinski definition) is 2. The molecule has 108 valence electrons. The summed E-state index contributed by atoms with van der Waals surface area (Å²) in [5.74, 6) is 0. The van der Waals surface area contributed by atoms with Crippen LogP contribution in [0, 0.1) is 13.8 Å². The first-order valence-corrected chi connectivity index (χ1v) is 7.25. The van der Waals surface area contributed by atoms with Gasteiger partial charge in [-0.2, -0.15) is 0 Å². The number of imidazole rings is 1. The lowest BCUT2D eigenvalue weighted by Gasteiger charge is -2.08. The summed E-state index contributed by atoms with van der Waals surface area (Å²) >= 11 is 0. The Morgan fingerprint density at radius 2 is 1.81 bits per heavy atom. The van der Waals surface area contributed by atoms with E-state index in [0.29, 0.717) is 0 Å². The third-order valence-corrected chi connectivity index (χ3v) is 3.78. The molecule has 0 fully saturated rings. The van der Waals surface area contributed by atoms with Gasteiger partial charge < -0.3 is 9.51 Å². The molecule has 1 atom stereocenters. The molecule has 1 unspecified atom stereocenters.